The molecular weight excluding hydrogens is 536 g/mol. The van der Waals surface area contributed by atoms with Crippen LogP contribution in [0.5, 0.6) is 11.5 Å². The molecular formula is C24H19ClN6O6S. The number of hydrogen-bond acceptors (Lipinski definition) is 10. The number of nitro benzene ring substituents is 1. The van der Waals surface area contributed by atoms with E-state index in [9.17, 15) is 18.5 Å². The van der Waals surface area contributed by atoms with Crippen LogP contribution in [0, 0.1) is 10.1 Å². The average Bonchev–Trinajstić information content (AvgIpc) is 3.32. The topological polar surface area (TPSA) is 152 Å². The van der Waals surface area contributed by atoms with Crippen LogP contribution in [0.2, 0.25) is 5.02 Å². The zero-order valence-electron chi connectivity index (χ0n) is 20.2. The molecule has 194 valence electrons. The number of nitrogens with zero attached hydrogens (tertiary/aromatic N) is 6. The average molecular weight is 555 g/mol. The van der Waals surface area contributed by atoms with E-state index in [1.807, 2.05) is 0 Å². The highest BCUT2D eigenvalue weighted by Crippen LogP contribution is 2.41. The Hall–Kier alpha value is -4.36. The molecule has 0 aliphatic heterocycles. The van der Waals surface area contributed by atoms with Crippen molar-refractivity contribution in [1.29, 1.82) is 0 Å². The molecule has 0 saturated carbocycles. The molecule has 0 saturated heterocycles. The second-order valence-electron chi connectivity index (χ2n) is 8.33. The number of non-ortho nitro benzene ring substituents is 1. The van der Waals surface area contributed by atoms with E-state index >= 15 is 0 Å². The maximum atomic E-state index is 12.2. The fourth-order valence-corrected chi connectivity index (χ4v) is 4.81. The Balaban J connectivity index is 1.80. The van der Waals surface area contributed by atoms with Gasteiger partial charge in [-0.2, -0.15) is 4.98 Å². The van der Waals surface area contributed by atoms with E-state index < -0.39 is 14.8 Å². The van der Waals surface area contributed by atoms with Gasteiger partial charge in [0.05, 0.1) is 24.2 Å². The first-order chi connectivity index (χ1) is 18.1. The van der Waals surface area contributed by atoms with Crippen LogP contribution in [-0.4, -0.2) is 58.4 Å². The SMILES string of the molecule is COc1cc(OC)c(Cl)c(-c2cc3cnc(S(C)(=O)=O)nc3n3c(Cc4ccc([N+](=O)[O-])cc4)nnc23)c1. The van der Waals surface area contributed by atoms with E-state index in [2.05, 4.69) is 20.2 Å². The Morgan fingerprint density at radius 1 is 1.03 bits per heavy atom. The predicted octanol–water partition coefficient (Wildman–Crippen LogP) is 3.91. The monoisotopic (exact) mass is 554 g/mol. The van der Waals surface area contributed by atoms with Gasteiger partial charge < -0.3 is 9.47 Å². The highest BCUT2D eigenvalue weighted by atomic mass is 35.5. The number of ether oxygens (including phenoxy) is 2. The summed E-state index contributed by atoms with van der Waals surface area (Å²) in [7, 11) is -0.709. The van der Waals surface area contributed by atoms with Crippen LogP contribution in [-0.2, 0) is 16.3 Å². The molecule has 0 spiro atoms. The van der Waals surface area contributed by atoms with Crippen LogP contribution in [0.4, 0.5) is 5.69 Å². The summed E-state index contributed by atoms with van der Waals surface area (Å²) < 4.78 is 36.9. The Kier molecular flexibility index (Phi) is 6.33. The molecule has 3 heterocycles. The summed E-state index contributed by atoms with van der Waals surface area (Å²) in [6, 6.07) is 11.1. The summed E-state index contributed by atoms with van der Waals surface area (Å²) >= 11 is 6.68. The third kappa shape index (κ3) is 4.46. The maximum absolute atomic E-state index is 12.2. The molecule has 3 aromatic heterocycles. The molecule has 0 aliphatic rings. The summed E-state index contributed by atoms with van der Waals surface area (Å²) in [5, 5.41) is 20.2. The molecule has 0 amide bonds. The van der Waals surface area contributed by atoms with Gasteiger partial charge in [-0.25, -0.2) is 13.4 Å². The van der Waals surface area contributed by atoms with Crippen molar-refractivity contribution in [2.24, 2.45) is 0 Å². The normalized spacial score (nSPS) is 11.7. The molecule has 2 aromatic carbocycles. The van der Waals surface area contributed by atoms with Gasteiger partial charge in [-0.05, 0) is 17.7 Å². The van der Waals surface area contributed by atoms with Crippen molar-refractivity contribution in [2.75, 3.05) is 20.5 Å². The van der Waals surface area contributed by atoms with E-state index in [1.54, 1.807) is 34.7 Å². The number of benzene rings is 2. The lowest BCUT2D eigenvalue weighted by molar-refractivity contribution is -0.384. The number of sulfone groups is 1. The number of aromatic nitrogens is 5. The van der Waals surface area contributed by atoms with E-state index in [0.717, 1.165) is 11.8 Å². The van der Waals surface area contributed by atoms with Gasteiger partial charge in [-0.3, -0.25) is 14.5 Å². The Morgan fingerprint density at radius 3 is 2.39 bits per heavy atom. The second-order valence-corrected chi connectivity index (χ2v) is 10.6. The quantitative estimate of drug-likeness (QED) is 0.164. The van der Waals surface area contributed by atoms with E-state index in [-0.39, 0.29) is 22.9 Å². The van der Waals surface area contributed by atoms with Crippen molar-refractivity contribution in [2.45, 2.75) is 11.6 Å². The maximum Gasteiger partial charge on any atom is 0.269 e. The van der Waals surface area contributed by atoms with Crippen LogP contribution in [0.3, 0.4) is 0 Å². The van der Waals surface area contributed by atoms with Crippen molar-refractivity contribution in [3.8, 4) is 22.6 Å². The summed E-state index contributed by atoms with van der Waals surface area (Å²) in [4.78, 5) is 18.9. The van der Waals surface area contributed by atoms with E-state index in [1.165, 1.54) is 32.5 Å². The zero-order chi connectivity index (χ0) is 27.2. The van der Waals surface area contributed by atoms with Crippen LogP contribution < -0.4 is 9.47 Å². The number of halogens is 1. The molecule has 0 fully saturated rings. The Bertz CT molecular complexity index is 1840. The molecule has 5 aromatic rings. The minimum absolute atomic E-state index is 0.0419. The minimum Gasteiger partial charge on any atom is -0.497 e. The lowest BCUT2D eigenvalue weighted by atomic mass is 10.0. The van der Waals surface area contributed by atoms with Crippen LogP contribution in [0.25, 0.3) is 27.8 Å². The van der Waals surface area contributed by atoms with E-state index in [4.69, 9.17) is 21.1 Å². The van der Waals surface area contributed by atoms with Crippen LogP contribution >= 0.6 is 11.6 Å². The first-order valence-electron chi connectivity index (χ1n) is 11.0. The van der Waals surface area contributed by atoms with E-state index in [0.29, 0.717) is 44.5 Å². The highest BCUT2D eigenvalue weighted by Gasteiger charge is 2.22. The fraction of sp³-hybridized carbons (Fsp3) is 0.167. The van der Waals surface area contributed by atoms with Crippen LogP contribution in [0.15, 0.2) is 53.8 Å². The smallest absolute Gasteiger partial charge is 0.269 e. The van der Waals surface area contributed by atoms with Gasteiger partial charge in [-0.1, -0.05) is 23.7 Å². The second kappa shape index (κ2) is 9.50. The molecule has 5 rings (SSSR count). The van der Waals surface area contributed by atoms with Crippen LogP contribution in [0.1, 0.15) is 11.4 Å². The predicted molar refractivity (Wildman–Crippen MR) is 139 cm³/mol. The fourth-order valence-electron chi connectivity index (χ4n) is 4.03. The Labute approximate surface area is 220 Å². The number of hydrogen-bond donors (Lipinski definition) is 0. The number of methoxy groups -OCH3 is 2. The number of fused-ring (bicyclic) bond motifs is 3. The van der Waals surface area contributed by atoms with Gasteiger partial charge in [0.15, 0.2) is 11.3 Å². The molecule has 0 atom stereocenters. The number of pyridine rings is 1. The largest absolute Gasteiger partial charge is 0.497 e. The van der Waals surface area contributed by atoms with Gasteiger partial charge in [0.25, 0.3) is 5.69 Å². The summed E-state index contributed by atoms with van der Waals surface area (Å²) in [6.07, 6.45) is 2.65. The van der Waals surface area contributed by atoms with Gasteiger partial charge in [0.1, 0.15) is 17.3 Å². The molecule has 12 nitrogen and oxygen atoms in total. The summed E-state index contributed by atoms with van der Waals surface area (Å²) in [5.41, 5.74) is 2.40. The Morgan fingerprint density at radius 2 is 1.76 bits per heavy atom. The molecule has 0 radical (unpaired) electrons. The third-order valence-corrected chi connectivity index (χ3v) is 7.11. The minimum atomic E-state index is -3.71. The number of nitro groups is 1. The van der Waals surface area contributed by atoms with Crippen molar-refractivity contribution >= 4 is 43.8 Å². The summed E-state index contributed by atoms with van der Waals surface area (Å²) in [5.74, 6) is 1.30. The zero-order valence-corrected chi connectivity index (χ0v) is 21.8. The third-order valence-electron chi connectivity index (χ3n) is 5.86. The van der Waals surface area contributed by atoms with Gasteiger partial charge in [-0.15, -0.1) is 10.2 Å². The lowest BCUT2D eigenvalue weighted by Gasteiger charge is -2.14. The molecule has 0 N–H and O–H groups in total. The number of rotatable bonds is 7. The molecule has 0 aliphatic carbocycles. The van der Waals surface area contributed by atoms with Crippen molar-refractivity contribution < 1.29 is 22.8 Å². The van der Waals surface area contributed by atoms with Crippen molar-refractivity contribution in [3.05, 3.63) is 75.2 Å². The highest BCUT2D eigenvalue weighted by molar-refractivity contribution is 7.90. The standard InChI is InChI=1S/C24H19ClN6O6S/c1-36-16-10-17(21(25)19(11-16)37-2)18-9-14-12-26-24(38(3,34)35)27-22(14)30-20(28-29-23(18)30)8-13-4-6-15(7-5-13)31(32)33/h4-7,9-12H,8H2,1-3H3. The first kappa shape index (κ1) is 25.3. The lowest BCUT2D eigenvalue weighted by Crippen LogP contribution is -2.07. The van der Waals surface area contributed by atoms with Gasteiger partial charge in [0, 0.05) is 53.6 Å². The molecule has 38 heavy (non-hydrogen) atoms. The van der Waals surface area contributed by atoms with Crippen molar-refractivity contribution in [1.82, 2.24) is 24.6 Å². The van der Waals surface area contributed by atoms with Gasteiger partial charge >= 0.3 is 0 Å². The molecule has 0 unspecified atom stereocenters. The molecule has 14 heteroatoms. The van der Waals surface area contributed by atoms with Gasteiger partial charge in [0.2, 0.25) is 15.0 Å². The molecule has 0 bridgehead atoms. The van der Waals surface area contributed by atoms with Crippen molar-refractivity contribution in [3.63, 3.8) is 0 Å². The first-order valence-corrected chi connectivity index (χ1v) is 13.3. The summed E-state index contributed by atoms with van der Waals surface area (Å²) in [6.45, 7) is 0.